The summed E-state index contributed by atoms with van der Waals surface area (Å²) >= 11 is 14.0. The van der Waals surface area contributed by atoms with Crippen LogP contribution in [-0.4, -0.2) is 13.9 Å². The fourth-order valence-corrected chi connectivity index (χ4v) is 5.83. The van der Waals surface area contributed by atoms with Crippen molar-refractivity contribution in [2.75, 3.05) is 0 Å². The first-order valence-corrected chi connectivity index (χ1v) is 12.6. The molecule has 33 heavy (non-hydrogen) atoms. The van der Waals surface area contributed by atoms with Gasteiger partial charge in [-0.05, 0) is 44.0 Å². The smallest absolute Gasteiger partial charge is 0.297 e. The van der Waals surface area contributed by atoms with Crippen LogP contribution in [0.3, 0.4) is 0 Å². The van der Waals surface area contributed by atoms with E-state index in [1.54, 1.807) is 16.0 Å². The van der Waals surface area contributed by atoms with Gasteiger partial charge >= 0.3 is 0 Å². The average molecular weight is 499 g/mol. The molecular weight excluding hydrogens is 475 g/mol. The molecule has 4 aromatic rings. The normalized spacial score (nSPS) is 15.0. The second-order valence-corrected chi connectivity index (χ2v) is 10.0. The van der Waals surface area contributed by atoms with Crippen molar-refractivity contribution >= 4 is 40.2 Å². The van der Waals surface area contributed by atoms with Gasteiger partial charge in [-0.2, -0.15) is 0 Å². The number of thiazole rings is 1. The fourth-order valence-electron chi connectivity index (χ4n) is 4.56. The summed E-state index contributed by atoms with van der Waals surface area (Å²) in [7, 11) is 1.89. The average Bonchev–Trinajstić information content (AvgIpc) is 3.53. The van der Waals surface area contributed by atoms with E-state index in [4.69, 9.17) is 28.2 Å². The van der Waals surface area contributed by atoms with E-state index in [-0.39, 0.29) is 5.56 Å². The van der Waals surface area contributed by atoms with Crippen LogP contribution in [0.4, 0.5) is 5.69 Å². The number of nitrogens with zero attached hydrogens (tertiary/aromatic N) is 4. The second kappa shape index (κ2) is 9.01. The zero-order valence-electron chi connectivity index (χ0n) is 18.5. The molecule has 0 aliphatic heterocycles. The van der Waals surface area contributed by atoms with Crippen LogP contribution in [0, 0.1) is 6.92 Å². The van der Waals surface area contributed by atoms with E-state index in [0.29, 0.717) is 21.8 Å². The Kier molecular flexibility index (Phi) is 6.08. The highest BCUT2D eigenvalue weighted by molar-refractivity contribution is 7.07. The summed E-state index contributed by atoms with van der Waals surface area (Å²) in [5, 5.41) is 3.17. The highest BCUT2D eigenvalue weighted by Crippen LogP contribution is 2.35. The number of para-hydroxylation sites is 1. The van der Waals surface area contributed by atoms with Crippen LogP contribution in [0.25, 0.3) is 16.9 Å². The molecule has 5 nitrogen and oxygen atoms in total. The minimum absolute atomic E-state index is 0.122. The first-order valence-electron chi connectivity index (χ1n) is 11.0. The Morgan fingerprint density at radius 1 is 1.03 bits per heavy atom. The highest BCUT2D eigenvalue weighted by Gasteiger charge is 2.23. The Morgan fingerprint density at radius 3 is 2.45 bits per heavy atom. The lowest BCUT2D eigenvalue weighted by Crippen LogP contribution is -2.21. The molecule has 0 radical (unpaired) electrons. The van der Waals surface area contributed by atoms with Gasteiger partial charge in [0.25, 0.3) is 5.56 Å². The zero-order chi connectivity index (χ0) is 23.1. The van der Waals surface area contributed by atoms with E-state index >= 15 is 0 Å². The van der Waals surface area contributed by atoms with Crippen LogP contribution in [-0.2, 0) is 7.05 Å². The lowest BCUT2D eigenvalue weighted by Gasteiger charge is -2.16. The minimum atomic E-state index is -0.122. The Balaban J connectivity index is 1.71. The van der Waals surface area contributed by atoms with Crippen LogP contribution >= 0.6 is 34.5 Å². The molecule has 0 atom stereocenters. The number of halogens is 2. The van der Waals surface area contributed by atoms with Gasteiger partial charge < -0.3 is 4.57 Å². The van der Waals surface area contributed by atoms with Crippen molar-refractivity contribution < 1.29 is 0 Å². The summed E-state index contributed by atoms with van der Waals surface area (Å²) in [6.07, 6.45) is 4.58. The van der Waals surface area contributed by atoms with Gasteiger partial charge in [-0.25, -0.2) is 9.67 Å². The van der Waals surface area contributed by atoms with Gasteiger partial charge in [0, 0.05) is 24.0 Å². The number of hydrogen-bond donors (Lipinski definition) is 0. The standard InChI is InChI=1S/C25H24Cl2N4OS/c1-16-23(24(32)31(29(16)2)19-10-4-3-5-11-19)28-25-30(18-8-6-7-9-18)22(15-33-25)17-12-13-20(26)21(27)14-17/h3-5,10-15,18H,6-9H2,1-2H3. The van der Waals surface area contributed by atoms with E-state index in [1.165, 1.54) is 12.8 Å². The number of hydrogen-bond acceptors (Lipinski definition) is 3. The monoisotopic (exact) mass is 498 g/mol. The quantitative estimate of drug-likeness (QED) is 0.309. The molecular formula is C25H24Cl2N4OS. The summed E-state index contributed by atoms with van der Waals surface area (Å²) in [5.74, 6) is 0. The summed E-state index contributed by atoms with van der Waals surface area (Å²) in [6, 6.07) is 15.7. The fraction of sp³-hybridized carbons (Fsp3) is 0.280. The molecule has 170 valence electrons. The van der Waals surface area contributed by atoms with Crippen LogP contribution in [0.15, 0.2) is 63.7 Å². The molecule has 0 amide bonds. The third-order valence-corrected chi connectivity index (χ3v) is 7.96. The maximum absolute atomic E-state index is 13.4. The van der Waals surface area contributed by atoms with E-state index in [0.717, 1.165) is 40.3 Å². The molecule has 1 aliphatic rings. The Bertz CT molecular complexity index is 1440. The Labute approximate surface area is 206 Å². The van der Waals surface area contributed by atoms with Crippen molar-refractivity contribution in [3.8, 4) is 16.9 Å². The van der Waals surface area contributed by atoms with Gasteiger partial charge in [0.1, 0.15) is 0 Å². The van der Waals surface area contributed by atoms with Crippen molar-refractivity contribution in [2.24, 2.45) is 12.0 Å². The van der Waals surface area contributed by atoms with Gasteiger partial charge in [-0.15, -0.1) is 11.3 Å². The van der Waals surface area contributed by atoms with Crippen LogP contribution < -0.4 is 10.4 Å². The van der Waals surface area contributed by atoms with Crippen LogP contribution in [0.1, 0.15) is 37.4 Å². The summed E-state index contributed by atoms with van der Waals surface area (Å²) < 4.78 is 5.82. The van der Waals surface area contributed by atoms with E-state index < -0.39 is 0 Å². The van der Waals surface area contributed by atoms with Gasteiger partial charge in [0.2, 0.25) is 0 Å². The van der Waals surface area contributed by atoms with Gasteiger partial charge in [0.15, 0.2) is 10.5 Å². The molecule has 5 rings (SSSR count). The molecule has 0 N–H and O–H groups in total. The third kappa shape index (κ3) is 4.01. The summed E-state index contributed by atoms with van der Waals surface area (Å²) in [4.78, 5) is 19.2. The Morgan fingerprint density at radius 2 is 1.76 bits per heavy atom. The lowest BCUT2D eigenvalue weighted by molar-refractivity contribution is 0.512. The van der Waals surface area contributed by atoms with E-state index in [9.17, 15) is 4.79 Å². The third-order valence-electron chi connectivity index (χ3n) is 6.38. The largest absolute Gasteiger partial charge is 0.313 e. The lowest BCUT2D eigenvalue weighted by atomic mass is 10.1. The van der Waals surface area contributed by atoms with Crippen molar-refractivity contribution in [2.45, 2.75) is 38.6 Å². The van der Waals surface area contributed by atoms with Crippen LogP contribution in [0.5, 0.6) is 0 Å². The predicted octanol–water partition coefficient (Wildman–Crippen LogP) is 6.67. The highest BCUT2D eigenvalue weighted by atomic mass is 35.5. The van der Waals surface area contributed by atoms with Gasteiger partial charge in [0.05, 0.1) is 27.1 Å². The van der Waals surface area contributed by atoms with E-state index in [1.807, 2.05) is 67.2 Å². The van der Waals surface area contributed by atoms with Crippen molar-refractivity contribution in [1.29, 1.82) is 0 Å². The molecule has 0 saturated heterocycles. The van der Waals surface area contributed by atoms with Crippen molar-refractivity contribution in [3.05, 3.63) is 84.8 Å². The predicted molar refractivity (Wildman–Crippen MR) is 136 cm³/mol. The molecule has 2 aromatic heterocycles. The minimum Gasteiger partial charge on any atom is -0.313 e. The first-order chi connectivity index (χ1) is 16.0. The Hall–Kier alpha value is -2.54. The van der Waals surface area contributed by atoms with Crippen LogP contribution in [0.2, 0.25) is 10.0 Å². The number of rotatable bonds is 4. The molecule has 1 fully saturated rings. The maximum atomic E-state index is 13.4. The number of aromatic nitrogens is 3. The summed E-state index contributed by atoms with van der Waals surface area (Å²) in [6.45, 7) is 1.94. The van der Waals surface area contributed by atoms with Gasteiger partial charge in [-0.3, -0.25) is 9.48 Å². The molecule has 0 spiro atoms. The molecule has 0 unspecified atom stereocenters. The first kappa shape index (κ1) is 22.3. The molecule has 1 saturated carbocycles. The van der Waals surface area contributed by atoms with E-state index in [2.05, 4.69) is 9.95 Å². The molecule has 2 aromatic carbocycles. The molecule has 8 heteroatoms. The summed E-state index contributed by atoms with van der Waals surface area (Å²) in [5.41, 5.74) is 4.05. The zero-order valence-corrected chi connectivity index (χ0v) is 20.8. The molecule has 1 aliphatic carbocycles. The molecule has 2 heterocycles. The van der Waals surface area contributed by atoms with Crippen molar-refractivity contribution in [1.82, 2.24) is 13.9 Å². The second-order valence-electron chi connectivity index (χ2n) is 8.36. The maximum Gasteiger partial charge on any atom is 0.297 e. The van der Waals surface area contributed by atoms with Gasteiger partial charge in [-0.1, -0.05) is 60.3 Å². The van der Waals surface area contributed by atoms with Crippen molar-refractivity contribution in [3.63, 3.8) is 0 Å². The molecule has 0 bridgehead atoms. The topological polar surface area (TPSA) is 44.2 Å². The SMILES string of the molecule is Cc1c(N=c2scc(-c3ccc(Cl)c(Cl)c3)n2C2CCCC2)c(=O)n(-c2ccccc2)n1C. The number of benzene rings is 2.